The summed E-state index contributed by atoms with van der Waals surface area (Å²) >= 11 is 1.55. The van der Waals surface area contributed by atoms with Crippen molar-refractivity contribution in [3.05, 3.63) is 88.9 Å². The SMILES string of the molecule is CC1Cc2ccccc2N1S(=O)(=O)c1cccc(C(=O)N(C)Cc2nc3ccccc3s2)c1. The lowest BCUT2D eigenvalue weighted by Gasteiger charge is -2.25. The lowest BCUT2D eigenvalue weighted by molar-refractivity contribution is 0.0785. The summed E-state index contributed by atoms with van der Waals surface area (Å²) in [6.07, 6.45) is 0.666. The summed E-state index contributed by atoms with van der Waals surface area (Å²) in [5, 5.41) is 0.832. The highest BCUT2D eigenvalue weighted by Gasteiger charge is 2.36. The van der Waals surface area contributed by atoms with E-state index in [2.05, 4.69) is 4.98 Å². The zero-order valence-corrected chi connectivity index (χ0v) is 19.9. The molecule has 1 atom stereocenters. The number of benzene rings is 3. The second-order valence-corrected chi connectivity index (χ2v) is 11.2. The van der Waals surface area contributed by atoms with Crippen LogP contribution in [0.3, 0.4) is 0 Å². The van der Waals surface area contributed by atoms with Crippen molar-refractivity contribution in [1.29, 1.82) is 0 Å². The summed E-state index contributed by atoms with van der Waals surface area (Å²) in [6.45, 7) is 2.25. The minimum absolute atomic E-state index is 0.116. The highest BCUT2D eigenvalue weighted by atomic mass is 32.2. The Morgan fingerprint density at radius 1 is 1.09 bits per heavy atom. The minimum atomic E-state index is -3.81. The van der Waals surface area contributed by atoms with Gasteiger partial charge in [0.2, 0.25) is 0 Å². The third-order valence-corrected chi connectivity index (χ3v) is 8.79. The summed E-state index contributed by atoms with van der Waals surface area (Å²) in [7, 11) is -2.10. The van der Waals surface area contributed by atoms with Gasteiger partial charge in [-0.05, 0) is 55.3 Å². The molecule has 168 valence electrons. The van der Waals surface area contributed by atoms with Crippen molar-refractivity contribution in [2.75, 3.05) is 11.4 Å². The van der Waals surface area contributed by atoms with Crippen molar-refractivity contribution in [3.63, 3.8) is 0 Å². The van der Waals surface area contributed by atoms with Gasteiger partial charge in [-0.1, -0.05) is 36.4 Å². The minimum Gasteiger partial charge on any atom is -0.335 e. The molecule has 0 aliphatic carbocycles. The van der Waals surface area contributed by atoms with Crippen LogP contribution in [-0.2, 0) is 23.0 Å². The van der Waals surface area contributed by atoms with Gasteiger partial charge in [0.25, 0.3) is 15.9 Å². The van der Waals surface area contributed by atoms with Crippen LogP contribution in [0.25, 0.3) is 10.2 Å². The number of rotatable bonds is 5. The van der Waals surface area contributed by atoms with Crippen LogP contribution < -0.4 is 4.31 Å². The van der Waals surface area contributed by atoms with Crippen LogP contribution in [0.1, 0.15) is 27.9 Å². The molecule has 3 aromatic carbocycles. The molecule has 33 heavy (non-hydrogen) atoms. The molecule has 1 aliphatic heterocycles. The summed E-state index contributed by atoms with van der Waals surface area (Å²) in [5.74, 6) is -0.249. The molecule has 0 saturated heterocycles. The molecule has 1 amide bonds. The number of fused-ring (bicyclic) bond motifs is 2. The number of hydrogen-bond acceptors (Lipinski definition) is 5. The Bertz CT molecular complexity index is 1430. The van der Waals surface area contributed by atoms with Crippen molar-refractivity contribution in [2.24, 2.45) is 0 Å². The van der Waals surface area contributed by atoms with Crippen LogP contribution in [0.4, 0.5) is 5.69 Å². The standard InChI is InChI=1S/C25H23N3O3S2/c1-17-14-18-8-3-5-12-22(18)28(17)33(30,31)20-10-7-9-19(15-20)25(29)27(2)16-24-26-21-11-4-6-13-23(21)32-24/h3-13,15,17H,14,16H2,1-2H3. The van der Waals surface area contributed by atoms with Gasteiger partial charge in [-0.25, -0.2) is 13.4 Å². The summed E-state index contributed by atoms with van der Waals surface area (Å²) in [5.41, 5.74) is 2.96. The number of anilines is 1. The van der Waals surface area contributed by atoms with Gasteiger partial charge in [0, 0.05) is 18.7 Å². The Kier molecular flexibility index (Phi) is 5.42. The lowest BCUT2D eigenvalue weighted by Crippen LogP contribution is -2.36. The molecule has 4 aromatic rings. The van der Waals surface area contributed by atoms with E-state index >= 15 is 0 Å². The van der Waals surface area contributed by atoms with Crippen LogP contribution >= 0.6 is 11.3 Å². The van der Waals surface area contributed by atoms with Gasteiger partial charge in [0.15, 0.2) is 0 Å². The molecule has 5 rings (SSSR count). The van der Waals surface area contributed by atoms with E-state index < -0.39 is 10.0 Å². The van der Waals surface area contributed by atoms with Crippen molar-refractivity contribution in [3.8, 4) is 0 Å². The predicted molar refractivity (Wildman–Crippen MR) is 131 cm³/mol. The normalized spacial score (nSPS) is 15.6. The second-order valence-electron chi connectivity index (χ2n) is 8.25. The summed E-state index contributed by atoms with van der Waals surface area (Å²) in [4.78, 5) is 19.4. The number of hydrogen-bond donors (Lipinski definition) is 0. The van der Waals surface area contributed by atoms with E-state index in [4.69, 9.17) is 0 Å². The molecule has 0 saturated carbocycles. The molecule has 1 aliphatic rings. The van der Waals surface area contributed by atoms with Crippen molar-refractivity contribution in [2.45, 2.75) is 30.8 Å². The second kappa shape index (κ2) is 8.28. The zero-order chi connectivity index (χ0) is 23.2. The smallest absolute Gasteiger partial charge is 0.264 e. The first-order chi connectivity index (χ1) is 15.8. The van der Waals surface area contributed by atoms with E-state index in [9.17, 15) is 13.2 Å². The van der Waals surface area contributed by atoms with Crippen LogP contribution in [-0.4, -0.2) is 37.3 Å². The summed E-state index contributed by atoms with van der Waals surface area (Å²) in [6, 6.07) is 21.5. The van der Waals surface area contributed by atoms with Gasteiger partial charge < -0.3 is 4.90 Å². The molecule has 0 bridgehead atoms. The fourth-order valence-corrected chi connectivity index (χ4v) is 7.05. The van der Waals surface area contributed by atoms with E-state index in [1.165, 1.54) is 10.4 Å². The average Bonchev–Trinajstić information content (AvgIpc) is 3.38. The largest absolute Gasteiger partial charge is 0.335 e. The van der Waals surface area contributed by atoms with E-state index in [-0.39, 0.29) is 16.8 Å². The molecule has 0 spiro atoms. The van der Waals surface area contributed by atoms with Gasteiger partial charge in [-0.15, -0.1) is 11.3 Å². The highest BCUT2D eigenvalue weighted by Crippen LogP contribution is 2.36. The average molecular weight is 478 g/mol. The third-order valence-electron chi connectivity index (χ3n) is 5.84. The molecule has 1 aromatic heterocycles. The Hall–Kier alpha value is -3.23. The maximum Gasteiger partial charge on any atom is 0.264 e. The van der Waals surface area contributed by atoms with E-state index in [1.807, 2.05) is 55.5 Å². The number of carbonyl (C=O) groups is 1. The topological polar surface area (TPSA) is 70.6 Å². The van der Waals surface area contributed by atoms with Crippen molar-refractivity contribution in [1.82, 2.24) is 9.88 Å². The lowest BCUT2D eigenvalue weighted by atomic mass is 10.1. The fraction of sp³-hybridized carbons (Fsp3) is 0.200. The van der Waals surface area contributed by atoms with Gasteiger partial charge in [0.05, 0.1) is 27.3 Å². The number of aromatic nitrogens is 1. The number of amides is 1. The maximum atomic E-state index is 13.5. The molecular weight excluding hydrogens is 454 g/mol. The number of para-hydroxylation sites is 2. The van der Waals surface area contributed by atoms with Gasteiger partial charge in [0.1, 0.15) is 5.01 Å². The Morgan fingerprint density at radius 3 is 2.67 bits per heavy atom. The molecule has 8 heteroatoms. The van der Waals surface area contributed by atoms with E-state index in [0.29, 0.717) is 24.2 Å². The molecular formula is C25H23N3O3S2. The molecule has 0 radical (unpaired) electrons. The Balaban J connectivity index is 1.41. The van der Waals surface area contributed by atoms with Gasteiger partial charge in [-0.3, -0.25) is 9.10 Å². The fourth-order valence-electron chi connectivity index (χ4n) is 4.29. The third kappa shape index (κ3) is 3.89. The predicted octanol–water partition coefficient (Wildman–Crippen LogP) is 4.71. The summed E-state index contributed by atoms with van der Waals surface area (Å²) < 4.78 is 29.6. The first-order valence-electron chi connectivity index (χ1n) is 10.7. The van der Waals surface area contributed by atoms with Crippen LogP contribution in [0.2, 0.25) is 0 Å². The van der Waals surface area contributed by atoms with Gasteiger partial charge >= 0.3 is 0 Å². The van der Waals surface area contributed by atoms with Crippen LogP contribution in [0.5, 0.6) is 0 Å². The van der Waals surface area contributed by atoms with E-state index in [0.717, 1.165) is 20.8 Å². The Morgan fingerprint density at radius 2 is 1.85 bits per heavy atom. The molecule has 0 N–H and O–H groups in total. The highest BCUT2D eigenvalue weighted by molar-refractivity contribution is 7.92. The first-order valence-corrected chi connectivity index (χ1v) is 12.9. The molecule has 0 fully saturated rings. The van der Waals surface area contributed by atoms with Crippen molar-refractivity contribution >= 4 is 43.2 Å². The number of nitrogens with zero attached hydrogens (tertiary/aromatic N) is 3. The van der Waals surface area contributed by atoms with Gasteiger partial charge in [-0.2, -0.15) is 0 Å². The first kappa shape index (κ1) is 21.6. The zero-order valence-electron chi connectivity index (χ0n) is 18.3. The molecule has 2 heterocycles. The Labute approximate surface area is 197 Å². The number of sulfonamides is 1. The van der Waals surface area contributed by atoms with Crippen LogP contribution in [0.15, 0.2) is 77.7 Å². The monoisotopic (exact) mass is 477 g/mol. The van der Waals surface area contributed by atoms with E-state index in [1.54, 1.807) is 41.5 Å². The molecule has 6 nitrogen and oxygen atoms in total. The number of thiazole rings is 1. The maximum absolute atomic E-state index is 13.5. The number of carbonyl (C=O) groups excluding carboxylic acids is 1. The molecule has 1 unspecified atom stereocenters. The van der Waals surface area contributed by atoms with Crippen molar-refractivity contribution < 1.29 is 13.2 Å². The quantitative estimate of drug-likeness (QED) is 0.417. The van der Waals surface area contributed by atoms with Crippen LogP contribution in [0, 0.1) is 0 Å².